The van der Waals surface area contributed by atoms with Crippen molar-refractivity contribution in [2.24, 2.45) is 0 Å². The van der Waals surface area contributed by atoms with Crippen LogP contribution in [0.15, 0.2) is 18.2 Å². The zero-order chi connectivity index (χ0) is 15.3. The Labute approximate surface area is 116 Å². The van der Waals surface area contributed by atoms with Gasteiger partial charge in [-0.05, 0) is 31.0 Å². The highest BCUT2D eigenvalue weighted by atomic mass is 19.4. The number of benzene rings is 1. The number of hydrogen-bond acceptors (Lipinski definition) is 2. The summed E-state index contributed by atoms with van der Waals surface area (Å²) in [6.07, 6.45) is -3.39. The number of aryl methyl sites for hydroxylation is 1. The molecule has 0 aliphatic rings. The van der Waals surface area contributed by atoms with Crippen LogP contribution in [-0.4, -0.2) is 31.4 Å². The zero-order valence-electron chi connectivity index (χ0n) is 11.8. The molecule has 1 rings (SSSR count). The standard InChI is InChI=1S/C14H19F3N2O/c1-10-6-7-11(14(15,16)17)9-12(10)18-8-4-5-13(20)19(2)3/h6-7,9,18H,4-5,8H2,1-3H3. The van der Waals surface area contributed by atoms with Gasteiger partial charge >= 0.3 is 6.18 Å². The van der Waals surface area contributed by atoms with E-state index >= 15 is 0 Å². The number of nitrogens with zero attached hydrogens (tertiary/aromatic N) is 1. The minimum atomic E-state index is -4.34. The lowest BCUT2D eigenvalue weighted by molar-refractivity contribution is -0.137. The number of alkyl halides is 3. The van der Waals surface area contributed by atoms with Crippen LogP contribution in [-0.2, 0) is 11.0 Å². The van der Waals surface area contributed by atoms with Crippen LogP contribution in [0.1, 0.15) is 24.0 Å². The summed E-state index contributed by atoms with van der Waals surface area (Å²) in [5, 5.41) is 2.95. The van der Waals surface area contributed by atoms with Crippen LogP contribution in [0, 0.1) is 6.92 Å². The molecule has 0 saturated carbocycles. The molecule has 0 aromatic heterocycles. The lowest BCUT2D eigenvalue weighted by Gasteiger charge is -2.14. The second kappa shape index (κ2) is 6.63. The van der Waals surface area contributed by atoms with Gasteiger partial charge in [-0.1, -0.05) is 6.07 Å². The third-order valence-electron chi connectivity index (χ3n) is 2.95. The van der Waals surface area contributed by atoms with Crippen LogP contribution >= 0.6 is 0 Å². The Kier molecular flexibility index (Phi) is 5.42. The number of hydrogen-bond donors (Lipinski definition) is 1. The smallest absolute Gasteiger partial charge is 0.385 e. The molecule has 0 unspecified atom stereocenters. The molecular formula is C14H19F3N2O. The number of nitrogens with one attached hydrogen (secondary N) is 1. The lowest BCUT2D eigenvalue weighted by atomic mass is 10.1. The molecule has 1 amide bonds. The van der Waals surface area contributed by atoms with Crippen molar-refractivity contribution < 1.29 is 18.0 Å². The molecule has 0 atom stereocenters. The molecule has 6 heteroatoms. The highest BCUT2D eigenvalue weighted by molar-refractivity contribution is 5.75. The molecule has 0 aliphatic heterocycles. The largest absolute Gasteiger partial charge is 0.416 e. The Morgan fingerprint density at radius 3 is 2.50 bits per heavy atom. The predicted molar refractivity (Wildman–Crippen MR) is 72.6 cm³/mol. The average molecular weight is 288 g/mol. The molecule has 0 aliphatic carbocycles. The van der Waals surface area contributed by atoms with E-state index in [-0.39, 0.29) is 5.91 Å². The Morgan fingerprint density at radius 1 is 1.30 bits per heavy atom. The van der Waals surface area contributed by atoms with E-state index in [9.17, 15) is 18.0 Å². The first kappa shape index (κ1) is 16.3. The van der Waals surface area contributed by atoms with Gasteiger partial charge in [-0.3, -0.25) is 4.79 Å². The van der Waals surface area contributed by atoms with Crippen molar-refractivity contribution in [3.05, 3.63) is 29.3 Å². The summed E-state index contributed by atoms with van der Waals surface area (Å²) in [7, 11) is 3.35. The first-order valence-corrected chi connectivity index (χ1v) is 6.33. The predicted octanol–water partition coefficient (Wildman–Crippen LogP) is 3.29. The van der Waals surface area contributed by atoms with Crippen molar-refractivity contribution in [1.29, 1.82) is 0 Å². The summed E-state index contributed by atoms with van der Waals surface area (Å²) in [4.78, 5) is 12.9. The van der Waals surface area contributed by atoms with Gasteiger partial charge in [0.2, 0.25) is 5.91 Å². The number of carbonyl (C=O) groups excluding carboxylic acids is 1. The van der Waals surface area contributed by atoms with E-state index in [1.807, 2.05) is 0 Å². The number of amides is 1. The van der Waals surface area contributed by atoms with E-state index in [2.05, 4.69) is 5.32 Å². The van der Waals surface area contributed by atoms with Crippen molar-refractivity contribution >= 4 is 11.6 Å². The second-order valence-electron chi connectivity index (χ2n) is 4.85. The first-order valence-electron chi connectivity index (χ1n) is 6.33. The molecule has 0 bridgehead atoms. The molecular weight excluding hydrogens is 269 g/mol. The number of halogens is 3. The number of rotatable bonds is 5. The van der Waals surface area contributed by atoms with Gasteiger partial charge in [0.1, 0.15) is 0 Å². The van der Waals surface area contributed by atoms with Gasteiger partial charge in [-0.15, -0.1) is 0 Å². The third kappa shape index (κ3) is 4.75. The fourth-order valence-corrected chi connectivity index (χ4v) is 1.68. The summed E-state index contributed by atoms with van der Waals surface area (Å²) in [6.45, 7) is 2.20. The molecule has 0 spiro atoms. The Balaban J connectivity index is 2.58. The monoisotopic (exact) mass is 288 g/mol. The van der Waals surface area contributed by atoms with Crippen LogP contribution in [0.2, 0.25) is 0 Å². The second-order valence-corrected chi connectivity index (χ2v) is 4.85. The summed E-state index contributed by atoms with van der Waals surface area (Å²) in [5.74, 6) is 0.00700. The zero-order valence-corrected chi connectivity index (χ0v) is 11.8. The van der Waals surface area contributed by atoms with Gasteiger partial charge in [0.15, 0.2) is 0 Å². The van der Waals surface area contributed by atoms with Crippen molar-refractivity contribution in [2.45, 2.75) is 25.9 Å². The minimum absolute atomic E-state index is 0.00700. The maximum absolute atomic E-state index is 12.6. The average Bonchev–Trinajstić information content (AvgIpc) is 2.34. The molecule has 3 nitrogen and oxygen atoms in total. The highest BCUT2D eigenvalue weighted by Crippen LogP contribution is 2.31. The molecule has 1 aromatic carbocycles. The van der Waals surface area contributed by atoms with E-state index in [1.165, 1.54) is 11.0 Å². The molecule has 20 heavy (non-hydrogen) atoms. The maximum atomic E-state index is 12.6. The quantitative estimate of drug-likeness (QED) is 0.843. The van der Waals surface area contributed by atoms with Crippen molar-refractivity contribution in [3.8, 4) is 0 Å². The van der Waals surface area contributed by atoms with Crippen LogP contribution < -0.4 is 5.32 Å². The van der Waals surface area contributed by atoms with Gasteiger partial charge in [-0.25, -0.2) is 0 Å². The van der Waals surface area contributed by atoms with Gasteiger partial charge in [-0.2, -0.15) is 13.2 Å². The lowest BCUT2D eigenvalue weighted by Crippen LogP contribution is -2.22. The SMILES string of the molecule is Cc1ccc(C(F)(F)F)cc1NCCCC(=O)N(C)C. The number of anilines is 1. The van der Waals surface area contributed by atoms with Crippen LogP contribution in [0.3, 0.4) is 0 Å². The van der Waals surface area contributed by atoms with Crippen molar-refractivity contribution in [2.75, 3.05) is 26.0 Å². The Bertz CT molecular complexity index is 470. The van der Waals surface area contributed by atoms with E-state index in [0.29, 0.717) is 25.1 Å². The fourth-order valence-electron chi connectivity index (χ4n) is 1.68. The van der Waals surface area contributed by atoms with Crippen LogP contribution in [0.5, 0.6) is 0 Å². The van der Waals surface area contributed by atoms with E-state index in [0.717, 1.165) is 17.7 Å². The Morgan fingerprint density at radius 2 is 1.95 bits per heavy atom. The minimum Gasteiger partial charge on any atom is -0.385 e. The summed E-state index contributed by atoms with van der Waals surface area (Å²) < 4.78 is 37.8. The fraction of sp³-hybridized carbons (Fsp3) is 0.500. The summed E-state index contributed by atoms with van der Waals surface area (Å²) in [5.41, 5.74) is 0.532. The molecule has 1 N–H and O–H groups in total. The van der Waals surface area contributed by atoms with Gasteiger partial charge in [0.05, 0.1) is 5.56 Å². The molecule has 0 fully saturated rings. The van der Waals surface area contributed by atoms with E-state index in [1.54, 1.807) is 21.0 Å². The molecule has 0 saturated heterocycles. The molecule has 1 aromatic rings. The van der Waals surface area contributed by atoms with Crippen LogP contribution in [0.25, 0.3) is 0 Å². The van der Waals surface area contributed by atoms with Crippen molar-refractivity contribution in [3.63, 3.8) is 0 Å². The molecule has 0 heterocycles. The van der Waals surface area contributed by atoms with E-state index in [4.69, 9.17) is 0 Å². The summed E-state index contributed by atoms with van der Waals surface area (Å²) >= 11 is 0. The highest BCUT2D eigenvalue weighted by Gasteiger charge is 2.30. The topological polar surface area (TPSA) is 32.3 Å². The van der Waals surface area contributed by atoms with Gasteiger partial charge < -0.3 is 10.2 Å². The van der Waals surface area contributed by atoms with Crippen molar-refractivity contribution in [1.82, 2.24) is 4.90 Å². The summed E-state index contributed by atoms with van der Waals surface area (Å²) in [6, 6.07) is 3.61. The third-order valence-corrected chi connectivity index (χ3v) is 2.95. The van der Waals surface area contributed by atoms with Gasteiger partial charge in [0.25, 0.3) is 0 Å². The molecule has 112 valence electrons. The van der Waals surface area contributed by atoms with Gasteiger partial charge in [0, 0.05) is 32.7 Å². The van der Waals surface area contributed by atoms with Crippen LogP contribution in [0.4, 0.5) is 18.9 Å². The normalized spacial score (nSPS) is 11.3. The maximum Gasteiger partial charge on any atom is 0.416 e. The number of carbonyl (C=O) groups is 1. The molecule has 0 radical (unpaired) electrons. The Hall–Kier alpha value is -1.72. The van der Waals surface area contributed by atoms with E-state index < -0.39 is 11.7 Å². The first-order chi connectivity index (χ1) is 9.21.